The van der Waals surface area contributed by atoms with Gasteiger partial charge in [-0.25, -0.2) is 4.79 Å². The van der Waals surface area contributed by atoms with Crippen molar-refractivity contribution in [2.75, 3.05) is 19.5 Å². The average molecular weight is 403 g/mol. The first kappa shape index (κ1) is 19.7. The fraction of sp³-hybridized carbons (Fsp3) is 0.211. The number of rotatable bonds is 7. The van der Waals surface area contributed by atoms with Crippen LogP contribution in [-0.4, -0.2) is 40.1 Å². The number of hydrogen-bond donors (Lipinski definition) is 2. The number of nitrogens with one attached hydrogen (secondary N) is 1. The predicted molar refractivity (Wildman–Crippen MR) is 104 cm³/mol. The monoisotopic (exact) mass is 402 g/mol. The van der Waals surface area contributed by atoms with Crippen LogP contribution in [0.5, 0.6) is 5.75 Å². The van der Waals surface area contributed by atoms with Crippen LogP contribution in [0.4, 0.5) is 5.69 Å². The molecule has 0 spiro atoms. The predicted octanol–water partition coefficient (Wildman–Crippen LogP) is 2.82. The Balaban J connectivity index is 1.91. The van der Waals surface area contributed by atoms with Gasteiger partial charge in [-0.3, -0.25) is 0 Å². The molecule has 2 N–H and O–H groups in total. The highest BCUT2D eigenvalue weighted by Gasteiger charge is 2.17. The minimum Gasteiger partial charge on any atom is -0.495 e. The summed E-state index contributed by atoms with van der Waals surface area (Å²) in [5, 5.41) is 21.2. The van der Waals surface area contributed by atoms with Gasteiger partial charge in [0.2, 0.25) is 0 Å². The Bertz CT molecular complexity index is 990. The molecule has 0 fully saturated rings. The van der Waals surface area contributed by atoms with Crippen LogP contribution in [0.3, 0.4) is 0 Å². The van der Waals surface area contributed by atoms with E-state index in [0.29, 0.717) is 34.5 Å². The number of esters is 1. The maximum Gasteiger partial charge on any atom is 0.360 e. The molecule has 3 rings (SSSR count). The highest BCUT2D eigenvalue weighted by Crippen LogP contribution is 2.26. The number of nitrogens with zero attached hydrogens (tertiary/aromatic N) is 3. The van der Waals surface area contributed by atoms with Gasteiger partial charge in [-0.05, 0) is 29.8 Å². The third kappa shape index (κ3) is 4.08. The summed E-state index contributed by atoms with van der Waals surface area (Å²) in [5.41, 5.74) is 2.04. The highest BCUT2D eigenvalue weighted by molar-refractivity contribution is 6.32. The molecule has 146 valence electrons. The fourth-order valence-electron chi connectivity index (χ4n) is 2.67. The molecule has 0 saturated carbocycles. The Kier molecular flexibility index (Phi) is 6.13. The van der Waals surface area contributed by atoms with Crippen molar-refractivity contribution in [2.24, 2.45) is 0 Å². The van der Waals surface area contributed by atoms with Crippen LogP contribution in [0.15, 0.2) is 42.6 Å². The maximum absolute atomic E-state index is 12.1. The molecular formula is C19H19ClN4O4. The van der Waals surface area contributed by atoms with E-state index in [1.165, 1.54) is 7.11 Å². The number of benzene rings is 1. The van der Waals surface area contributed by atoms with Crippen molar-refractivity contribution in [3.05, 3.63) is 64.6 Å². The first-order valence-corrected chi connectivity index (χ1v) is 8.75. The first-order valence-electron chi connectivity index (χ1n) is 8.37. The number of aliphatic hydroxyl groups excluding tert-OH is 1. The van der Waals surface area contributed by atoms with E-state index in [0.717, 1.165) is 5.56 Å². The Labute approximate surface area is 166 Å². The van der Waals surface area contributed by atoms with Gasteiger partial charge in [0, 0.05) is 24.5 Å². The third-order valence-electron chi connectivity index (χ3n) is 4.10. The molecular weight excluding hydrogens is 384 g/mol. The van der Waals surface area contributed by atoms with Crippen molar-refractivity contribution in [1.82, 2.24) is 14.8 Å². The van der Waals surface area contributed by atoms with Crippen LogP contribution in [0.25, 0.3) is 5.82 Å². The van der Waals surface area contributed by atoms with Gasteiger partial charge >= 0.3 is 5.97 Å². The second-order valence-electron chi connectivity index (χ2n) is 5.81. The van der Waals surface area contributed by atoms with E-state index < -0.39 is 5.97 Å². The van der Waals surface area contributed by atoms with Gasteiger partial charge in [0.1, 0.15) is 5.75 Å². The van der Waals surface area contributed by atoms with Crippen molar-refractivity contribution >= 4 is 23.3 Å². The topological polar surface area (TPSA) is 98.5 Å². The number of carbonyl (C=O) groups is 1. The molecule has 2 aromatic heterocycles. The fourth-order valence-corrected chi connectivity index (χ4v) is 2.95. The summed E-state index contributed by atoms with van der Waals surface area (Å²) in [4.78, 5) is 12.1. The van der Waals surface area contributed by atoms with Gasteiger partial charge in [-0.15, -0.1) is 10.2 Å². The summed E-state index contributed by atoms with van der Waals surface area (Å²) in [6.07, 6.45) is 1.75. The second kappa shape index (κ2) is 8.73. The van der Waals surface area contributed by atoms with Gasteiger partial charge in [0.25, 0.3) is 0 Å². The van der Waals surface area contributed by atoms with Crippen molar-refractivity contribution in [3.63, 3.8) is 0 Å². The van der Waals surface area contributed by atoms with Crippen molar-refractivity contribution in [3.8, 4) is 11.6 Å². The molecule has 0 aliphatic carbocycles. The lowest BCUT2D eigenvalue weighted by atomic mass is 10.2. The maximum atomic E-state index is 12.1. The molecule has 2 heterocycles. The Hall–Kier alpha value is -3.10. The molecule has 0 bridgehead atoms. The van der Waals surface area contributed by atoms with Gasteiger partial charge in [-0.2, -0.15) is 0 Å². The van der Waals surface area contributed by atoms with E-state index in [4.69, 9.17) is 21.1 Å². The molecule has 0 amide bonds. The summed E-state index contributed by atoms with van der Waals surface area (Å²) in [5.74, 6) is 0.429. The number of hydrogen-bond acceptors (Lipinski definition) is 7. The zero-order chi connectivity index (χ0) is 20.1. The molecule has 1 aromatic carbocycles. The number of ether oxygens (including phenoxy) is 2. The molecule has 28 heavy (non-hydrogen) atoms. The Morgan fingerprint density at radius 3 is 2.75 bits per heavy atom. The number of aromatic nitrogens is 3. The molecule has 0 aliphatic heterocycles. The summed E-state index contributed by atoms with van der Waals surface area (Å²) in [7, 11) is 2.83. The van der Waals surface area contributed by atoms with E-state index >= 15 is 0 Å². The zero-order valence-corrected chi connectivity index (χ0v) is 16.1. The number of aliphatic hydroxyl groups is 1. The van der Waals surface area contributed by atoms with Crippen LogP contribution < -0.4 is 10.1 Å². The summed E-state index contributed by atoms with van der Waals surface area (Å²) < 4.78 is 11.6. The first-order chi connectivity index (χ1) is 13.6. The lowest BCUT2D eigenvalue weighted by Crippen LogP contribution is -2.14. The SMILES string of the molecule is COC(=O)c1nnc(-n2cccc2CO)cc1NCc1ccc(OC)c(Cl)c1. The van der Waals surface area contributed by atoms with Crippen LogP contribution >= 0.6 is 11.6 Å². The second-order valence-corrected chi connectivity index (χ2v) is 6.21. The molecule has 9 heteroatoms. The van der Waals surface area contributed by atoms with Crippen LogP contribution in [-0.2, 0) is 17.9 Å². The smallest absolute Gasteiger partial charge is 0.360 e. The molecule has 0 aliphatic rings. The summed E-state index contributed by atoms with van der Waals surface area (Å²) in [6.45, 7) is 0.234. The molecule has 0 atom stereocenters. The third-order valence-corrected chi connectivity index (χ3v) is 4.40. The van der Waals surface area contributed by atoms with Crippen LogP contribution in [0, 0.1) is 0 Å². The van der Waals surface area contributed by atoms with E-state index in [1.54, 1.807) is 48.2 Å². The van der Waals surface area contributed by atoms with E-state index in [9.17, 15) is 9.90 Å². The Morgan fingerprint density at radius 1 is 1.25 bits per heavy atom. The minimum absolute atomic E-state index is 0.0589. The van der Waals surface area contributed by atoms with Gasteiger partial charge < -0.3 is 24.5 Å². The summed E-state index contributed by atoms with van der Waals surface area (Å²) >= 11 is 6.17. The number of halogens is 1. The van der Waals surface area contributed by atoms with Crippen LogP contribution in [0.2, 0.25) is 5.02 Å². The van der Waals surface area contributed by atoms with Crippen LogP contribution in [0.1, 0.15) is 21.7 Å². The Morgan fingerprint density at radius 2 is 2.07 bits per heavy atom. The molecule has 3 aromatic rings. The molecule has 0 unspecified atom stereocenters. The van der Waals surface area contributed by atoms with Gasteiger partial charge in [0.05, 0.1) is 31.5 Å². The quantitative estimate of drug-likeness (QED) is 0.586. The summed E-state index contributed by atoms with van der Waals surface area (Å²) in [6, 6.07) is 10.6. The van der Waals surface area contributed by atoms with Gasteiger partial charge in [-0.1, -0.05) is 17.7 Å². The number of methoxy groups -OCH3 is 2. The molecule has 0 saturated heterocycles. The molecule has 0 radical (unpaired) electrons. The number of anilines is 1. The molecule has 8 nitrogen and oxygen atoms in total. The standard InChI is InChI=1S/C19H19ClN4O4/c1-27-16-6-5-12(8-14(16)20)10-21-15-9-17(22-23-18(15)19(26)28-2)24-7-3-4-13(24)11-25/h3-9,25H,10-11H2,1-2H3,(H,21,22). The van der Waals surface area contributed by atoms with Crippen molar-refractivity contribution in [1.29, 1.82) is 0 Å². The van der Waals surface area contributed by atoms with Crippen molar-refractivity contribution in [2.45, 2.75) is 13.2 Å². The van der Waals surface area contributed by atoms with E-state index in [2.05, 4.69) is 15.5 Å². The zero-order valence-electron chi connectivity index (χ0n) is 15.3. The minimum atomic E-state index is -0.607. The largest absolute Gasteiger partial charge is 0.495 e. The van der Waals surface area contributed by atoms with Crippen molar-refractivity contribution < 1.29 is 19.4 Å². The van der Waals surface area contributed by atoms with E-state index in [-0.39, 0.29) is 12.3 Å². The lowest BCUT2D eigenvalue weighted by Gasteiger charge is -2.13. The lowest BCUT2D eigenvalue weighted by molar-refractivity contribution is 0.0594. The van der Waals surface area contributed by atoms with Gasteiger partial charge in [0.15, 0.2) is 11.5 Å². The van der Waals surface area contributed by atoms with E-state index in [1.807, 2.05) is 6.07 Å². The normalized spacial score (nSPS) is 10.6. The highest BCUT2D eigenvalue weighted by atomic mass is 35.5. The average Bonchev–Trinajstić information content (AvgIpc) is 3.20. The number of carbonyl (C=O) groups excluding carboxylic acids is 1.